The van der Waals surface area contributed by atoms with Gasteiger partial charge in [-0.1, -0.05) is 37.3 Å². The summed E-state index contributed by atoms with van der Waals surface area (Å²) in [5.74, 6) is 0. The third kappa shape index (κ3) is 5.95. The molecule has 1 aromatic rings. The molecule has 0 radical (unpaired) electrons. The zero-order valence-corrected chi connectivity index (χ0v) is 10.7. The number of nitrogens with one attached hydrogen (secondary N) is 2. The van der Waals surface area contributed by atoms with Crippen LogP contribution in [0.2, 0.25) is 0 Å². The Labute approximate surface area is 104 Å². The number of urea groups is 1. The van der Waals surface area contributed by atoms with Gasteiger partial charge in [-0.2, -0.15) is 0 Å². The first-order valence-corrected chi connectivity index (χ1v) is 6.30. The minimum Gasteiger partial charge on any atom is -0.338 e. The first kappa shape index (κ1) is 13.6. The minimum absolute atomic E-state index is 0.0626. The van der Waals surface area contributed by atoms with Crippen molar-refractivity contribution in [3.63, 3.8) is 0 Å². The molecule has 0 heterocycles. The molecule has 1 unspecified atom stereocenters. The molecule has 0 spiro atoms. The maximum Gasteiger partial charge on any atom is 0.314 e. The summed E-state index contributed by atoms with van der Waals surface area (Å²) in [6.07, 6.45) is 2.92. The quantitative estimate of drug-likeness (QED) is 0.780. The van der Waals surface area contributed by atoms with Crippen LogP contribution in [0.4, 0.5) is 4.79 Å². The Kier molecular flexibility index (Phi) is 6.15. The van der Waals surface area contributed by atoms with Gasteiger partial charge in [0.15, 0.2) is 0 Å². The second-order valence-electron chi connectivity index (χ2n) is 4.33. The fourth-order valence-corrected chi connectivity index (χ4v) is 1.61. The number of amides is 2. The normalized spacial score (nSPS) is 11.9. The highest BCUT2D eigenvalue weighted by Crippen LogP contribution is 2.04. The van der Waals surface area contributed by atoms with Gasteiger partial charge in [0.05, 0.1) is 0 Å². The van der Waals surface area contributed by atoms with Gasteiger partial charge in [-0.3, -0.25) is 0 Å². The van der Waals surface area contributed by atoms with Crippen LogP contribution in [0.15, 0.2) is 30.3 Å². The number of aryl methyl sites for hydroxylation is 1. The van der Waals surface area contributed by atoms with Gasteiger partial charge >= 0.3 is 6.03 Å². The lowest BCUT2D eigenvalue weighted by Crippen LogP contribution is -2.41. The highest BCUT2D eigenvalue weighted by atomic mass is 16.2. The Bertz CT molecular complexity index is 324. The van der Waals surface area contributed by atoms with E-state index in [0.717, 1.165) is 25.8 Å². The van der Waals surface area contributed by atoms with Crippen LogP contribution in [-0.4, -0.2) is 18.6 Å². The van der Waals surface area contributed by atoms with Crippen molar-refractivity contribution in [3.05, 3.63) is 35.9 Å². The lowest BCUT2D eigenvalue weighted by molar-refractivity contribution is 0.237. The summed E-state index contributed by atoms with van der Waals surface area (Å²) in [6, 6.07) is 10.5. The van der Waals surface area contributed by atoms with E-state index in [-0.39, 0.29) is 12.1 Å². The number of carbonyl (C=O) groups excluding carboxylic acids is 1. The molecule has 0 saturated heterocycles. The zero-order valence-electron chi connectivity index (χ0n) is 10.7. The summed E-state index contributed by atoms with van der Waals surface area (Å²) in [7, 11) is 0. The van der Waals surface area contributed by atoms with Crippen LogP contribution in [0, 0.1) is 0 Å². The van der Waals surface area contributed by atoms with Gasteiger partial charge in [0.2, 0.25) is 0 Å². The predicted molar refractivity (Wildman–Crippen MR) is 71.1 cm³/mol. The van der Waals surface area contributed by atoms with E-state index in [9.17, 15) is 4.79 Å². The van der Waals surface area contributed by atoms with E-state index in [2.05, 4.69) is 22.8 Å². The van der Waals surface area contributed by atoms with Crippen molar-refractivity contribution in [2.24, 2.45) is 0 Å². The summed E-state index contributed by atoms with van der Waals surface area (Å²) >= 11 is 0. The molecule has 1 atom stereocenters. The number of hydrogen-bond acceptors (Lipinski definition) is 1. The van der Waals surface area contributed by atoms with Crippen molar-refractivity contribution in [1.82, 2.24) is 10.6 Å². The maximum atomic E-state index is 11.4. The fourth-order valence-electron chi connectivity index (χ4n) is 1.61. The van der Waals surface area contributed by atoms with Crippen molar-refractivity contribution in [1.29, 1.82) is 0 Å². The minimum atomic E-state index is -0.0626. The third-order valence-electron chi connectivity index (χ3n) is 2.62. The van der Waals surface area contributed by atoms with E-state index in [1.807, 2.05) is 32.0 Å². The summed E-state index contributed by atoms with van der Waals surface area (Å²) < 4.78 is 0. The van der Waals surface area contributed by atoms with Crippen LogP contribution in [0.3, 0.4) is 0 Å². The molecule has 1 rings (SSSR count). The summed E-state index contributed by atoms with van der Waals surface area (Å²) in [5, 5.41) is 5.75. The van der Waals surface area contributed by atoms with Crippen molar-refractivity contribution in [2.45, 2.75) is 39.2 Å². The fraction of sp³-hybridized carbons (Fsp3) is 0.500. The molecule has 94 valence electrons. The molecule has 0 aromatic heterocycles. The average molecular weight is 234 g/mol. The Hall–Kier alpha value is -1.51. The molecule has 3 nitrogen and oxygen atoms in total. The first-order chi connectivity index (χ1) is 8.22. The molecule has 0 aliphatic carbocycles. The van der Waals surface area contributed by atoms with Crippen molar-refractivity contribution in [2.75, 3.05) is 6.54 Å². The predicted octanol–water partition coefficient (Wildman–Crippen LogP) is 2.72. The monoisotopic (exact) mass is 234 g/mol. The SMILES string of the molecule is CCCNC(=O)NC(C)CCc1ccccc1. The molecule has 0 bridgehead atoms. The van der Waals surface area contributed by atoms with Gasteiger partial charge in [-0.05, 0) is 31.7 Å². The Morgan fingerprint density at radius 3 is 2.65 bits per heavy atom. The second kappa shape index (κ2) is 7.71. The second-order valence-corrected chi connectivity index (χ2v) is 4.33. The molecule has 1 aromatic carbocycles. The van der Waals surface area contributed by atoms with Crippen molar-refractivity contribution < 1.29 is 4.79 Å². The molecular formula is C14H22N2O. The van der Waals surface area contributed by atoms with Gasteiger partial charge < -0.3 is 10.6 Å². The highest BCUT2D eigenvalue weighted by Gasteiger charge is 2.06. The van der Waals surface area contributed by atoms with Crippen molar-refractivity contribution >= 4 is 6.03 Å². The Morgan fingerprint density at radius 2 is 2.00 bits per heavy atom. The van der Waals surface area contributed by atoms with Gasteiger partial charge in [-0.25, -0.2) is 4.79 Å². The topological polar surface area (TPSA) is 41.1 Å². The molecule has 0 aliphatic rings. The standard InChI is InChI=1S/C14H22N2O/c1-3-11-15-14(17)16-12(2)9-10-13-7-5-4-6-8-13/h4-8,12H,3,9-11H2,1-2H3,(H2,15,16,17). The van der Waals surface area contributed by atoms with E-state index in [0.29, 0.717) is 0 Å². The van der Waals surface area contributed by atoms with Crippen molar-refractivity contribution in [3.8, 4) is 0 Å². The first-order valence-electron chi connectivity index (χ1n) is 6.30. The van der Waals surface area contributed by atoms with Crippen LogP contribution in [0.25, 0.3) is 0 Å². The lowest BCUT2D eigenvalue weighted by atomic mass is 10.1. The van der Waals surface area contributed by atoms with E-state index in [4.69, 9.17) is 0 Å². The van der Waals surface area contributed by atoms with Crippen LogP contribution in [-0.2, 0) is 6.42 Å². The molecule has 0 saturated carbocycles. The lowest BCUT2D eigenvalue weighted by Gasteiger charge is -2.14. The summed E-state index contributed by atoms with van der Waals surface area (Å²) in [5.41, 5.74) is 1.31. The molecule has 0 aliphatic heterocycles. The van der Waals surface area contributed by atoms with Crippen LogP contribution < -0.4 is 10.6 Å². The van der Waals surface area contributed by atoms with Crippen LogP contribution in [0.1, 0.15) is 32.3 Å². The molecule has 17 heavy (non-hydrogen) atoms. The van der Waals surface area contributed by atoms with E-state index < -0.39 is 0 Å². The van der Waals surface area contributed by atoms with Crippen LogP contribution in [0.5, 0.6) is 0 Å². The maximum absolute atomic E-state index is 11.4. The van der Waals surface area contributed by atoms with Gasteiger partial charge in [-0.15, -0.1) is 0 Å². The smallest absolute Gasteiger partial charge is 0.314 e. The number of benzene rings is 1. The molecule has 2 N–H and O–H groups in total. The molecular weight excluding hydrogens is 212 g/mol. The highest BCUT2D eigenvalue weighted by molar-refractivity contribution is 5.74. The number of hydrogen-bond donors (Lipinski definition) is 2. The summed E-state index contributed by atoms with van der Waals surface area (Å²) in [6.45, 7) is 4.81. The number of rotatable bonds is 6. The van der Waals surface area contributed by atoms with E-state index in [1.165, 1.54) is 5.56 Å². The van der Waals surface area contributed by atoms with E-state index in [1.54, 1.807) is 0 Å². The Balaban J connectivity index is 2.21. The van der Waals surface area contributed by atoms with Crippen LogP contribution >= 0.6 is 0 Å². The summed E-state index contributed by atoms with van der Waals surface area (Å²) in [4.78, 5) is 11.4. The Morgan fingerprint density at radius 1 is 1.29 bits per heavy atom. The van der Waals surface area contributed by atoms with Gasteiger partial charge in [0.25, 0.3) is 0 Å². The zero-order chi connectivity index (χ0) is 12.5. The van der Waals surface area contributed by atoms with Gasteiger partial charge in [0, 0.05) is 12.6 Å². The number of carbonyl (C=O) groups is 1. The van der Waals surface area contributed by atoms with Gasteiger partial charge in [0.1, 0.15) is 0 Å². The average Bonchev–Trinajstić information content (AvgIpc) is 2.35. The van der Waals surface area contributed by atoms with E-state index >= 15 is 0 Å². The third-order valence-corrected chi connectivity index (χ3v) is 2.62. The largest absolute Gasteiger partial charge is 0.338 e. The molecule has 0 fully saturated rings. The molecule has 3 heteroatoms. The molecule has 2 amide bonds.